The molecule has 2 aliphatic rings. The lowest BCUT2D eigenvalue weighted by molar-refractivity contribution is 0.00682. The van der Waals surface area contributed by atoms with Gasteiger partial charge in [0.15, 0.2) is 5.65 Å². The van der Waals surface area contributed by atoms with E-state index < -0.39 is 0 Å². The first-order valence-electron chi connectivity index (χ1n) is 9.59. The van der Waals surface area contributed by atoms with E-state index in [1.165, 1.54) is 32.1 Å². The van der Waals surface area contributed by atoms with Crippen molar-refractivity contribution in [1.29, 1.82) is 0 Å². The number of nitrogens with zero attached hydrogens (tertiary/aromatic N) is 4. The highest BCUT2D eigenvalue weighted by Gasteiger charge is 2.42. The summed E-state index contributed by atoms with van der Waals surface area (Å²) in [5.74, 6) is 0.854. The maximum atomic E-state index is 13.2. The highest BCUT2D eigenvalue weighted by atomic mass is 16.2. The van der Waals surface area contributed by atoms with E-state index in [-0.39, 0.29) is 5.91 Å². The Morgan fingerprint density at radius 2 is 2.04 bits per heavy atom. The van der Waals surface area contributed by atoms with Gasteiger partial charge in [0.05, 0.1) is 11.3 Å². The van der Waals surface area contributed by atoms with Crippen molar-refractivity contribution in [1.82, 2.24) is 19.7 Å². The molecule has 1 atom stereocenters. The average molecular weight is 340 g/mol. The van der Waals surface area contributed by atoms with Crippen LogP contribution in [0.25, 0.3) is 11.0 Å². The van der Waals surface area contributed by atoms with E-state index in [0.29, 0.717) is 11.0 Å². The maximum absolute atomic E-state index is 13.2. The molecule has 0 N–H and O–H groups in total. The summed E-state index contributed by atoms with van der Waals surface area (Å²) < 4.78 is 1.78. The second-order valence-electron chi connectivity index (χ2n) is 8.14. The molecule has 3 heterocycles. The predicted octanol–water partition coefficient (Wildman–Crippen LogP) is 3.71. The summed E-state index contributed by atoms with van der Waals surface area (Å²) in [4.78, 5) is 19.7. The highest BCUT2D eigenvalue weighted by Crippen LogP contribution is 2.47. The number of carbonyl (C=O) groups is 1. The van der Waals surface area contributed by atoms with Crippen molar-refractivity contribution in [2.45, 2.75) is 52.4 Å². The Morgan fingerprint density at radius 1 is 1.28 bits per heavy atom. The van der Waals surface area contributed by atoms with Crippen LogP contribution in [0.15, 0.2) is 12.3 Å². The van der Waals surface area contributed by atoms with Crippen LogP contribution >= 0.6 is 0 Å². The number of rotatable bonds is 1. The summed E-state index contributed by atoms with van der Waals surface area (Å²) in [5.41, 5.74) is 2.80. The van der Waals surface area contributed by atoms with Crippen LogP contribution in [-0.2, 0) is 7.05 Å². The van der Waals surface area contributed by atoms with E-state index >= 15 is 0 Å². The summed E-state index contributed by atoms with van der Waals surface area (Å²) in [5, 5.41) is 5.39. The van der Waals surface area contributed by atoms with Crippen molar-refractivity contribution >= 4 is 16.9 Å². The number of carbonyl (C=O) groups excluding carboxylic acids is 1. The monoisotopic (exact) mass is 340 g/mol. The van der Waals surface area contributed by atoms with E-state index in [1.807, 2.05) is 20.0 Å². The summed E-state index contributed by atoms with van der Waals surface area (Å²) in [6.45, 7) is 6.14. The minimum absolute atomic E-state index is 0.134. The lowest BCUT2D eigenvalue weighted by atomic mass is 9.63. The van der Waals surface area contributed by atoms with Crippen LogP contribution in [0.3, 0.4) is 0 Å². The third kappa shape index (κ3) is 2.74. The summed E-state index contributed by atoms with van der Waals surface area (Å²) in [7, 11) is 1.89. The van der Waals surface area contributed by atoms with Crippen LogP contribution in [0.5, 0.6) is 0 Å². The fourth-order valence-corrected chi connectivity index (χ4v) is 4.96. The van der Waals surface area contributed by atoms with Gasteiger partial charge in [0, 0.05) is 31.7 Å². The summed E-state index contributed by atoms with van der Waals surface area (Å²) in [6.07, 6.45) is 9.37. The van der Waals surface area contributed by atoms with Crippen LogP contribution in [-0.4, -0.2) is 38.7 Å². The van der Waals surface area contributed by atoms with Crippen molar-refractivity contribution in [3.05, 3.63) is 23.5 Å². The Bertz CT molecular complexity index is 803. The van der Waals surface area contributed by atoms with Gasteiger partial charge in [-0.05, 0) is 43.6 Å². The molecule has 134 valence electrons. The molecule has 0 radical (unpaired) electrons. The molecule has 1 unspecified atom stereocenters. The molecule has 2 fully saturated rings. The van der Waals surface area contributed by atoms with Crippen molar-refractivity contribution in [2.24, 2.45) is 18.4 Å². The molecule has 0 aromatic carbocycles. The number of fused-ring (bicyclic) bond motifs is 1. The van der Waals surface area contributed by atoms with Crippen LogP contribution in [0.2, 0.25) is 0 Å². The number of hydrogen-bond acceptors (Lipinski definition) is 3. The number of likely N-dealkylation sites (tertiary alicyclic amines) is 1. The molecule has 5 nitrogen and oxygen atoms in total. The Balaban J connectivity index is 1.61. The molecule has 1 aliphatic heterocycles. The topological polar surface area (TPSA) is 51.0 Å². The molecule has 4 rings (SSSR count). The fourth-order valence-electron chi connectivity index (χ4n) is 4.96. The first kappa shape index (κ1) is 16.6. The molecule has 1 amide bonds. The van der Waals surface area contributed by atoms with E-state index in [0.717, 1.165) is 42.2 Å². The number of aromatic nitrogens is 3. The fraction of sp³-hybridized carbons (Fsp3) is 0.650. The molecule has 2 aromatic heterocycles. The molecular weight excluding hydrogens is 312 g/mol. The molecular formula is C20H28N4O. The Kier molecular flexibility index (Phi) is 4.05. The third-order valence-electron chi connectivity index (χ3n) is 6.63. The van der Waals surface area contributed by atoms with Crippen LogP contribution < -0.4 is 0 Å². The third-order valence-corrected chi connectivity index (χ3v) is 6.63. The van der Waals surface area contributed by atoms with Crippen LogP contribution in [0.4, 0.5) is 0 Å². The molecule has 5 heteroatoms. The smallest absolute Gasteiger partial charge is 0.255 e. The zero-order valence-corrected chi connectivity index (χ0v) is 15.6. The molecule has 25 heavy (non-hydrogen) atoms. The van der Waals surface area contributed by atoms with Gasteiger partial charge in [-0.15, -0.1) is 0 Å². The van der Waals surface area contributed by atoms with Gasteiger partial charge in [-0.3, -0.25) is 9.48 Å². The standard InChI is InChI=1S/C20H28N4O/c1-14-7-10-24(13-20(14)8-5-4-6-9-20)19(25)16-11-17-15(2)22-23(3)18(17)21-12-16/h11-12,14H,4-10,13H2,1-3H3. The normalized spacial score (nSPS) is 23.3. The van der Waals surface area contributed by atoms with Gasteiger partial charge in [-0.25, -0.2) is 4.98 Å². The minimum atomic E-state index is 0.134. The second-order valence-corrected chi connectivity index (χ2v) is 8.14. The molecule has 1 spiro atoms. The minimum Gasteiger partial charge on any atom is -0.338 e. The zero-order chi connectivity index (χ0) is 17.6. The van der Waals surface area contributed by atoms with Crippen LogP contribution in [0.1, 0.15) is 61.5 Å². The lowest BCUT2D eigenvalue weighted by Crippen LogP contribution is -2.51. The Morgan fingerprint density at radius 3 is 2.80 bits per heavy atom. The Labute approximate surface area is 149 Å². The molecule has 1 saturated carbocycles. The average Bonchev–Trinajstić information content (AvgIpc) is 2.91. The number of piperidine rings is 1. The van der Waals surface area contributed by atoms with Gasteiger partial charge in [-0.1, -0.05) is 26.2 Å². The van der Waals surface area contributed by atoms with E-state index in [9.17, 15) is 4.79 Å². The van der Waals surface area contributed by atoms with E-state index in [2.05, 4.69) is 21.9 Å². The number of aryl methyl sites for hydroxylation is 2. The van der Waals surface area contributed by atoms with Crippen molar-refractivity contribution in [2.75, 3.05) is 13.1 Å². The second kappa shape index (κ2) is 6.11. The molecule has 1 aliphatic carbocycles. The van der Waals surface area contributed by atoms with E-state index in [4.69, 9.17) is 0 Å². The molecule has 1 saturated heterocycles. The summed E-state index contributed by atoms with van der Waals surface area (Å²) in [6, 6.07) is 1.97. The largest absolute Gasteiger partial charge is 0.338 e. The van der Waals surface area contributed by atoms with Gasteiger partial charge in [-0.2, -0.15) is 5.10 Å². The van der Waals surface area contributed by atoms with E-state index in [1.54, 1.807) is 10.9 Å². The van der Waals surface area contributed by atoms with Gasteiger partial charge >= 0.3 is 0 Å². The van der Waals surface area contributed by atoms with Crippen molar-refractivity contribution < 1.29 is 4.79 Å². The lowest BCUT2D eigenvalue weighted by Gasteiger charge is -2.49. The predicted molar refractivity (Wildman–Crippen MR) is 98.4 cm³/mol. The van der Waals surface area contributed by atoms with Gasteiger partial charge in [0.25, 0.3) is 5.91 Å². The Hall–Kier alpha value is -1.91. The van der Waals surface area contributed by atoms with Gasteiger partial charge in [0.1, 0.15) is 0 Å². The van der Waals surface area contributed by atoms with Crippen molar-refractivity contribution in [3.63, 3.8) is 0 Å². The quantitative estimate of drug-likeness (QED) is 0.795. The first-order valence-corrected chi connectivity index (χ1v) is 9.59. The van der Waals surface area contributed by atoms with Gasteiger partial charge < -0.3 is 4.90 Å². The number of amides is 1. The number of hydrogen-bond donors (Lipinski definition) is 0. The summed E-state index contributed by atoms with van der Waals surface area (Å²) >= 11 is 0. The number of pyridine rings is 1. The maximum Gasteiger partial charge on any atom is 0.255 e. The molecule has 2 aromatic rings. The first-order chi connectivity index (χ1) is 12.0. The van der Waals surface area contributed by atoms with Gasteiger partial charge in [0.2, 0.25) is 0 Å². The van der Waals surface area contributed by atoms with Crippen LogP contribution in [0, 0.1) is 18.3 Å². The molecule has 0 bridgehead atoms. The van der Waals surface area contributed by atoms with Crippen molar-refractivity contribution in [3.8, 4) is 0 Å². The zero-order valence-electron chi connectivity index (χ0n) is 15.6. The SMILES string of the molecule is Cc1nn(C)c2ncc(C(=O)N3CCC(C)C4(CCCCC4)C3)cc12. The highest BCUT2D eigenvalue weighted by molar-refractivity contribution is 5.97.